The van der Waals surface area contributed by atoms with Crippen LogP contribution in [-0.2, 0) is 19.5 Å². The summed E-state index contributed by atoms with van der Waals surface area (Å²) in [6.07, 6.45) is 0.935. The van der Waals surface area contributed by atoms with Gasteiger partial charge in [0.1, 0.15) is 5.82 Å². The summed E-state index contributed by atoms with van der Waals surface area (Å²) in [7, 11) is 1.75. The summed E-state index contributed by atoms with van der Waals surface area (Å²) >= 11 is 5.41. The highest BCUT2D eigenvalue weighted by molar-refractivity contribution is 7.80. The lowest BCUT2D eigenvalue weighted by molar-refractivity contribution is 0.400. The summed E-state index contributed by atoms with van der Waals surface area (Å²) in [4.78, 5) is 17.4. The molecule has 4 nitrogen and oxygen atoms in total. The number of nitrogens with zero attached hydrogens (tertiary/aromatic N) is 1. The van der Waals surface area contributed by atoms with Gasteiger partial charge < -0.3 is 15.2 Å². The van der Waals surface area contributed by atoms with Crippen LogP contribution in [0.15, 0.2) is 53.3 Å². The van der Waals surface area contributed by atoms with E-state index in [1.54, 1.807) is 19.2 Å². The molecule has 27 heavy (non-hydrogen) atoms. The fourth-order valence-electron chi connectivity index (χ4n) is 3.01. The van der Waals surface area contributed by atoms with Crippen LogP contribution in [0.25, 0.3) is 10.9 Å². The Morgan fingerprint density at radius 2 is 1.81 bits per heavy atom. The van der Waals surface area contributed by atoms with Crippen molar-refractivity contribution in [1.82, 2.24) is 15.2 Å². The van der Waals surface area contributed by atoms with Crippen molar-refractivity contribution in [3.05, 3.63) is 81.4 Å². The molecule has 0 saturated heterocycles. The molecule has 0 unspecified atom stereocenters. The number of H-pyrrole nitrogens is 1. The van der Waals surface area contributed by atoms with Crippen LogP contribution in [0.2, 0.25) is 0 Å². The third-order valence-electron chi connectivity index (χ3n) is 4.54. The number of hydrogen-bond donors (Lipinski definition) is 2. The number of fused-ring (bicyclic) bond motifs is 1. The van der Waals surface area contributed by atoms with E-state index >= 15 is 0 Å². The summed E-state index contributed by atoms with van der Waals surface area (Å²) in [5, 5.41) is 4.49. The average molecular weight is 383 g/mol. The number of aromatic nitrogens is 1. The minimum absolute atomic E-state index is 0.130. The molecule has 1 heterocycles. The van der Waals surface area contributed by atoms with Crippen LogP contribution < -0.4 is 10.9 Å². The van der Waals surface area contributed by atoms with E-state index in [1.165, 1.54) is 17.7 Å². The fraction of sp³-hybridized carbons (Fsp3) is 0.238. The molecular weight excluding hydrogens is 361 g/mol. The zero-order chi connectivity index (χ0) is 19.4. The van der Waals surface area contributed by atoms with E-state index in [-0.39, 0.29) is 11.4 Å². The predicted molar refractivity (Wildman–Crippen MR) is 111 cm³/mol. The SMILES string of the molecule is CCc1ccc2[nH]c(=O)c(CN(Cc3ccc(F)cc3)C(=S)NC)cc2c1. The third kappa shape index (κ3) is 4.52. The first-order chi connectivity index (χ1) is 13.0. The summed E-state index contributed by atoms with van der Waals surface area (Å²) in [6, 6.07) is 14.3. The van der Waals surface area contributed by atoms with Crippen molar-refractivity contribution in [3.63, 3.8) is 0 Å². The number of pyridine rings is 1. The van der Waals surface area contributed by atoms with Crippen LogP contribution in [0.3, 0.4) is 0 Å². The molecule has 0 saturated carbocycles. The highest BCUT2D eigenvalue weighted by Crippen LogP contribution is 2.16. The maximum absolute atomic E-state index is 13.2. The lowest BCUT2D eigenvalue weighted by Crippen LogP contribution is -2.38. The Balaban J connectivity index is 1.92. The van der Waals surface area contributed by atoms with Gasteiger partial charge in [-0.15, -0.1) is 0 Å². The smallest absolute Gasteiger partial charge is 0.253 e. The molecule has 0 spiro atoms. The summed E-state index contributed by atoms with van der Waals surface area (Å²) in [6.45, 7) is 2.94. The second-order valence-electron chi connectivity index (χ2n) is 6.44. The molecule has 0 amide bonds. The Kier molecular flexibility index (Phi) is 5.86. The first kappa shape index (κ1) is 19.0. The molecule has 140 valence electrons. The van der Waals surface area contributed by atoms with E-state index < -0.39 is 0 Å². The van der Waals surface area contributed by atoms with Crippen molar-refractivity contribution < 1.29 is 4.39 Å². The van der Waals surface area contributed by atoms with Gasteiger partial charge in [0.15, 0.2) is 5.11 Å². The van der Waals surface area contributed by atoms with Crippen molar-refractivity contribution in [2.24, 2.45) is 0 Å². The second-order valence-corrected chi connectivity index (χ2v) is 6.82. The van der Waals surface area contributed by atoms with Crippen LogP contribution in [0.1, 0.15) is 23.6 Å². The molecule has 6 heteroatoms. The van der Waals surface area contributed by atoms with Gasteiger partial charge in [-0.1, -0.05) is 25.1 Å². The Morgan fingerprint density at radius 1 is 1.11 bits per heavy atom. The quantitative estimate of drug-likeness (QED) is 0.659. The monoisotopic (exact) mass is 383 g/mol. The minimum atomic E-state index is -0.279. The highest BCUT2D eigenvalue weighted by atomic mass is 32.1. The number of nitrogens with one attached hydrogen (secondary N) is 2. The zero-order valence-electron chi connectivity index (χ0n) is 15.4. The number of rotatable bonds is 5. The lowest BCUT2D eigenvalue weighted by Gasteiger charge is -2.25. The van der Waals surface area contributed by atoms with Crippen molar-refractivity contribution >= 4 is 28.2 Å². The Labute approximate surface area is 163 Å². The van der Waals surface area contributed by atoms with Gasteiger partial charge in [-0.05, 0) is 65.5 Å². The summed E-state index contributed by atoms with van der Waals surface area (Å²) in [5.74, 6) is -0.279. The predicted octanol–water partition coefficient (Wildman–Crippen LogP) is 3.74. The number of aromatic amines is 1. The van der Waals surface area contributed by atoms with Gasteiger partial charge in [-0.3, -0.25) is 4.79 Å². The second kappa shape index (κ2) is 8.31. The first-order valence-electron chi connectivity index (χ1n) is 8.86. The Morgan fingerprint density at radius 3 is 2.48 bits per heavy atom. The molecule has 0 aliphatic rings. The van der Waals surface area contributed by atoms with E-state index in [2.05, 4.69) is 23.3 Å². The summed E-state index contributed by atoms with van der Waals surface area (Å²) in [5.41, 5.74) is 3.46. The minimum Gasteiger partial charge on any atom is -0.366 e. The molecule has 0 radical (unpaired) electrons. The zero-order valence-corrected chi connectivity index (χ0v) is 16.2. The molecule has 0 aliphatic carbocycles. The van der Waals surface area contributed by atoms with Gasteiger partial charge in [0.05, 0.1) is 6.54 Å². The molecule has 0 fully saturated rings. The normalized spacial score (nSPS) is 10.8. The topological polar surface area (TPSA) is 48.1 Å². The molecular formula is C21H22FN3OS. The van der Waals surface area contributed by atoms with Crippen molar-refractivity contribution in [3.8, 4) is 0 Å². The molecule has 3 rings (SSSR count). The third-order valence-corrected chi connectivity index (χ3v) is 5.01. The van der Waals surface area contributed by atoms with Crippen LogP contribution in [0.5, 0.6) is 0 Å². The van der Waals surface area contributed by atoms with Gasteiger partial charge in [0.2, 0.25) is 0 Å². The summed E-state index contributed by atoms with van der Waals surface area (Å²) < 4.78 is 13.2. The number of hydrogen-bond acceptors (Lipinski definition) is 2. The van der Waals surface area contributed by atoms with Crippen molar-refractivity contribution in [2.75, 3.05) is 7.05 Å². The van der Waals surface area contributed by atoms with Crippen LogP contribution >= 0.6 is 12.2 Å². The van der Waals surface area contributed by atoms with E-state index in [4.69, 9.17) is 12.2 Å². The van der Waals surface area contributed by atoms with Gasteiger partial charge in [-0.25, -0.2) is 4.39 Å². The van der Waals surface area contributed by atoms with Crippen molar-refractivity contribution in [1.29, 1.82) is 0 Å². The number of aryl methyl sites for hydroxylation is 1. The van der Waals surface area contributed by atoms with E-state index in [0.29, 0.717) is 23.8 Å². The lowest BCUT2D eigenvalue weighted by atomic mass is 10.1. The van der Waals surface area contributed by atoms with Gasteiger partial charge in [-0.2, -0.15) is 0 Å². The average Bonchev–Trinajstić information content (AvgIpc) is 2.68. The molecule has 0 atom stereocenters. The van der Waals surface area contributed by atoms with E-state index in [1.807, 2.05) is 23.1 Å². The highest BCUT2D eigenvalue weighted by Gasteiger charge is 2.13. The molecule has 0 bridgehead atoms. The largest absolute Gasteiger partial charge is 0.366 e. The van der Waals surface area contributed by atoms with Crippen LogP contribution in [0.4, 0.5) is 4.39 Å². The first-order valence-corrected chi connectivity index (χ1v) is 9.27. The number of benzene rings is 2. The molecule has 2 aromatic carbocycles. The fourth-order valence-corrected chi connectivity index (χ4v) is 3.14. The maximum Gasteiger partial charge on any atom is 0.253 e. The molecule has 0 aliphatic heterocycles. The molecule has 2 N–H and O–H groups in total. The van der Waals surface area contributed by atoms with Crippen LogP contribution in [0, 0.1) is 5.82 Å². The Hall–Kier alpha value is -2.73. The van der Waals surface area contributed by atoms with Gasteiger partial charge in [0, 0.05) is 24.7 Å². The van der Waals surface area contributed by atoms with E-state index in [9.17, 15) is 9.18 Å². The number of halogens is 1. The maximum atomic E-state index is 13.2. The molecule has 1 aromatic heterocycles. The van der Waals surface area contributed by atoms with Gasteiger partial charge in [0.25, 0.3) is 5.56 Å². The van der Waals surface area contributed by atoms with E-state index in [0.717, 1.165) is 22.9 Å². The number of thiocarbonyl (C=S) groups is 1. The van der Waals surface area contributed by atoms with Gasteiger partial charge >= 0.3 is 0 Å². The Bertz CT molecular complexity index is 1010. The van der Waals surface area contributed by atoms with Crippen LogP contribution in [-0.4, -0.2) is 22.0 Å². The standard InChI is InChI=1S/C21H22FN3OS/c1-3-14-6-9-19-16(10-14)11-17(20(26)24-19)13-25(21(27)23-2)12-15-4-7-18(22)8-5-15/h4-11H,3,12-13H2,1-2H3,(H,23,27)(H,24,26). The molecule has 3 aromatic rings. The van der Waals surface area contributed by atoms with Crippen molar-refractivity contribution in [2.45, 2.75) is 26.4 Å².